The molecule has 4 rings (SSSR count). The normalized spacial score (nSPS) is 19.4. The highest BCUT2D eigenvalue weighted by atomic mass is 35.5. The molecular formula is C20H28ClN5O. The summed E-state index contributed by atoms with van der Waals surface area (Å²) in [5.74, 6) is 0.381. The number of hydrogen-bond donors (Lipinski definition) is 2. The summed E-state index contributed by atoms with van der Waals surface area (Å²) >= 11 is 0. The van der Waals surface area contributed by atoms with E-state index in [-0.39, 0.29) is 24.4 Å². The maximum absolute atomic E-state index is 12.8. The van der Waals surface area contributed by atoms with Gasteiger partial charge in [0.1, 0.15) is 0 Å². The Morgan fingerprint density at radius 3 is 2.52 bits per heavy atom. The van der Waals surface area contributed by atoms with Crippen molar-refractivity contribution in [1.82, 2.24) is 25.6 Å². The third-order valence-electron chi connectivity index (χ3n) is 5.74. The van der Waals surface area contributed by atoms with Crippen molar-refractivity contribution in [2.24, 2.45) is 5.92 Å². The van der Waals surface area contributed by atoms with Crippen molar-refractivity contribution in [2.45, 2.75) is 50.6 Å². The summed E-state index contributed by atoms with van der Waals surface area (Å²) < 4.78 is 1.86. The summed E-state index contributed by atoms with van der Waals surface area (Å²) in [5, 5.41) is 15.0. The van der Waals surface area contributed by atoms with Crippen LogP contribution in [0.2, 0.25) is 0 Å². The van der Waals surface area contributed by atoms with Crippen LogP contribution in [0.3, 0.4) is 0 Å². The number of amides is 1. The first-order valence-electron chi connectivity index (χ1n) is 9.79. The zero-order chi connectivity index (χ0) is 17.8. The van der Waals surface area contributed by atoms with Crippen molar-refractivity contribution in [3.05, 3.63) is 47.8 Å². The number of hydrogen-bond acceptors (Lipinski definition) is 4. The largest absolute Gasteiger partial charge is 0.344 e. The minimum atomic E-state index is -0.120. The van der Waals surface area contributed by atoms with Crippen LogP contribution in [0.25, 0.3) is 0 Å². The average Bonchev–Trinajstić information content (AvgIpc) is 3.39. The molecule has 1 aliphatic carbocycles. The molecule has 1 aliphatic heterocycles. The van der Waals surface area contributed by atoms with Gasteiger partial charge in [-0.3, -0.25) is 4.79 Å². The zero-order valence-corrected chi connectivity index (χ0v) is 16.3. The summed E-state index contributed by atoms with van der Waals surface area (Å²) in [5.41, 5.74) is 1.60. The first-order valence-corrected chi connectivity index (χ1v) is 9.79. The molecule has 2 fully saturated rings. The average molecular weight is 390 g/mol. The molecule has 1 unspecified atom stereocenters. The first kappa shape index (κ1) is 19.8. The Kier molecular flexibility index (Phi) is 6.85. The SMILES string of the molecule is Cl.O=C(NC(c1ccccc1)C1CCCC1)c1cn(C2CCNCC2)nn1. The minimum Gasteiger partial charge on any atom is -0.344 e. The van der Waals surface area contributed by atoms with Crippen molar-refractivity contribution in [2.75, 3.05) is 13.1 Å². The van der Waals surface area contributed by atoms with E-state index in [1.54, 1.807) is 0 Å². The van der Waals surface area contributed by atoms with Gasteiger partial charge in [-0.15, -0.1) is 17.5 Å². The maximum Gasteiger partial charge on any atom is 0.273 e. The molecule has 2 aromatic rings. The number of aromatic nitrogens is 3. The summed E-state index contributed by atoms with van der Waals surface area (Å²) in [6, 6.07) is 10.7. The molecular weight excluding hydrogens is 362 g/mol. The van der Waals surface area contributed by atoms with Crippen LogP contribution < -0.4 is 10.6 Å². The predicted molar refractivity (Wildman–Crippen MR) is 107 cm³/mol. The second kappa shape index (κ2) is 9.33. The lowest BCUT2D eigenvalue weighted by molar-refractivity contribution is 0.0916. The van der Waals surface area contributed by atoms with Gasteiger partial charge in [0, 0.05) is 0 Å². The van der Waals surface area contributed by atoms with Crippen LogP contribution in [0.5, 0.6) is 0 Å². The van der Waals surface area contributed by atoms with Crippen LogP contribution in [-0.2, 0) is 0 Å². The molecule has 1 aromatic carbocycles. The molecule has 1 atom stereocenters. The topological polar surface area (TPSA) is 71.8 Å². The zero-order valence-electron chi connectivity index (χ0n) is 15.5. The molecule has 146 valence electrons. The number of benzene rings is 1. The summed E-state index contributed by atoms with van der Waals surface area (Å²) in [6.07, 6.45) is 8.69. The Hall–Kier alpha value is -1.92. The quantitative estimate of drug-likeness (QED) is 0.823. The lowest BCUT2D eigenvalue weighted by atomic mass is 9.91. The Balaban J connectivity index is 0.00000210. The third kappa shape index (κ3) is 4.68. The first-order chi connectivity index (χ1) is 12.8. The third-order valence-corrected chi connectivity index (χ3v) is 5.74. The van der Waals surface area contributed by atoms with Gasteiger partial charge in [0.2, 0.25) is 0 Å². The van der Waals surface area contributed by atoms with Crippen LogP contribution in [0.1, 0.15) is 66.7 Å². The highest BCUT2D eigenvalue weighted by Gasteiger charge is 2.29. The number of carbonyl (C=O) groups excluding carboxylic acids is 1. The fourth-order valence-electron chi connectivity index (χ4n) is 4.27. The van der Waals surface area contributed by atoms with Crippen LogP contribution in [0, 0.1) is 5.92 Å². The second-order valence-electron chi connectivity index (χ2n) is 7.47. The van der Waals surface area contributed by atoms with Gasteiger partial charge in [-0.1, -0.05) is 48.4 Å². The van der Waals surface area contributed by atoms with Crippen LogP contribution in [0.4, 0.5) is 0 Å². The van der Waals surface area contributed by atoms with E-state index >= 15 is 0 Å². The smallest absolute Gasteiger partial charge is 0.273 e. The predicted octanol–water partition coefficient (Wildman–Crippen LogP) is 3.29. The van der Waals surface area contributed by atoms with Gasteiger partial charge in [0.25, 0.3) is 5.91 Å². The van der Waals surface area contributed by atoms with Crippen LogP contribution in [0.15, 0.2) is 36.5 Å². The van der Waals surface area contributed by atoms with E-state index in [0.717, 1.165) is 25.9 Å². The van der Waals surface area contributed by atoms with Gasteiger partial charge >= 0.3 is 0 Å². The number of piperidine rings is 1. The molecule has 2 aliphatic rings. The molecule has 0 spiro atoms. The number of rotatable bonds is 5. The van der Waals surface area contributed by atoms with E-state index in [9.17, 15) is 4.79 Å². The number of halogens is 1. The number of carbonyl (C=O) groups is 1. The van der Waals surface area contributed by atoms with E-state index < -0.39 is 0 Å². The van der Waals surface area contributed by atoms with Crippen molar-refractivity contribution in [1.29, 1.82) is 0 Å². The highest BCUT2D eigenvalue weighted by molar-refractivity contribution is 5.92. The minimum absolute atomic E-state index is 0. The van der Waals surface area contributed by atoms with Gasteiger partial charge in [-0.2, -0.15) is 0 Å². The van der Waals surface area contributed by atoms with Gasteiger partial charge in [0.05, 0.1) is 18.3 Å². The number of nitrogens with zero attached hydrogens (tertiary/aromatic N) is 3. The fraction of sp³-hybridized carbons (Fsp3) is 0.550. The van der Waals surface area contributed by atoms with E-state index in [1.807, 2.05) is 29.1 Å². The van der Waals surface area contributed by atoms with E-state index in [0.29, 0.717) is 17.7 Å². The Morgan fingerprint density at radius 1 is 1.11 bits per heavy atom. The molecule has 0 bridgehead atoms. The molecule has 1 aromatic heterocycles. The lowest BCUT2D eigenvalue weighted by Gasteiger charge is -2.25. The van der Waals surface area contributed by atoms with Crippen molar-refractivity contribution in [3.8, 4) is 0 Å². The molecule has 2 heterocycles. The van der Waals surface area contributed by atoms with Gasteiger partial charge in [-0.25, -0.2) is 4.68 Å². The standard InChI is InChI=1S/C20H27N5O.ClH/c26-20(18-14-25(24-23-18)17-10-12-21-13-11-17)22-19(16-8-4-5-9-16)15-6-2-1-3-7-15;/h1-3,6-7,14,16-17,19,21H,4-5,8-13H2,(H,22,26);1H. The lowest BCUT2D eigenvalue weighted by Crippen LogP contribution is -2.33. The molecule has 27 heavy (non-hydrogen) atoms. The molecule has 7 heteroatoms. The van der Waals surface area contributed by atoms with Gasteiger partial charge in [0.15, 0.2) is 5.69 Å². The van der Waals surface area contributed by atoms with Gasteiger partial charge in [-0.05, 0) is 50.3 Å². The van der Waals surface area contributed by atoms with Crippen molar-refractivity contribution >= 4 is 18.3 Å². The molecule has 1 saturated carbocycles. The highest BCUT2D eigenvalue weighted by Crippen LogP contribution is 2.35. The van der Waals surface area contributed by atoms with E-state index in [1.165, 1.54) is 31.2 Å². The molecule has 0 radical (unpaired) electrons. The summed E-state index contributed by atoms with van der Waals surface area (Å²) in [7, 11) is 0. The van der Waals surface area contributed by atoms with E-state index in [4.69, 9.17) is 0 Å². The molecule has 1 saturated heterocycles. The Labute approximate surface area is 166 Å². The number of nitrogens with one attached hydrogen (secondary N) is 2. The summed E-state index contributed by atoms with van der Waals surface area (Å²) in [4.78, 5) is 12.8. The molecule has 6 nitrogen and oxygen atoms in total. The Morgan fingerprint density at radius 2 is 1.81 bits per heavy atom. The summed E-state index contributed by atoms with van der Waals surface area (Å²) in [6.45, 7) is 1.98. The molecule has 1 amide bonds. The molecule has 2 N–H and O–H groups in total. The fourth-order valence-corrected chi connectivity index (χ4v) is 4.27. The van der Waals surface area contributed by atoms with Crippen molar-refractivity contribution in [3.63, 3.8) is 0 Å². The maximum atomic E-state index is 12.8. The Bertz CT molecular complexity index is 723. The van der Waals surface area contributed by atoms with Crippen molar-refractivity contribution < 1.29 is 4.79 Å². The second-order valence-corrected chi connectivity index (χ2v) is 7.47. The van der Waals surface area contributed by atoms with E-state index in [2.05, 4.69) is 33.1 Å². The monoisotopic (exact) mass is 389 g/mol. The van der Waals surface area contributed by atoms with Crippen LogP contribution in [-0.4, -0.2) is 34.0 Å². The van der Waals surface area contributed by atoms with Gasteiger partial charge < -0.3 is 10.6 Å². The van der Waals surface area contributed by atoms with Crippen LogP contribution >= 0.6 is 12.4 Å².